The Labute approximate surface area is 88.4 Å². The highest BCUT2D eigenvalue weighted by Gasteiger charge is 2.32. The largest absolute Gasteiger partial charge is 0.573 e. The number of nitrogen functional groups attached to an aromatic ring is 1. The molecule has 0 atom stereocenters. The molecule has 4 N–H and O–H groups in total. The van der Waals surface area contributed by atoms with Gasteiger partial charge in [0.25, 0.3) is 0 Å². The summed E-state index contributed by atoms with van der Waals surface area (Å²) in [6.45, 7) is -0.0978. The molecule has 0 fully saturated rings. The molecule has 0 spiro atoms. The van der Waals surface area contributed by atoms with Crippen molar-refractivity contribution in [1.29, 1.82) is 5.26 Å². The molecule has 1 heterocycles. The minimum absolute atomic E-state index is 0.0978. The third-order valence-electron chi connectivity index (χ3n) is 1.69. The molecule has 0 bridgehead atoms. The zero-order valence-corrected chi connectivity index (χ0v) is 7.88. The summed E-state index contributed by atoms with van der Waals surface area (Å²) >= 11 is 0. The van der Waals surface area contributed by atoms with Gasteiger partial charge in [-0.05, 0) is 0 Å². The first kappa shape index (κ1) is 12.1. The van der Waals surface area contributed by atoms with Crippen LogP contribution >= 0.6 is 0 Å². The number of nitrogens with zero attached hydrogens (tertiary/aromatic N) is 2. The van der Waals surface area contributed by atoms with Crippen molar-refractivity contribution >= 4 is 5.69 Å². The normalized spacial score (nSPS) is 10.9. The number of hydrogen-bond donors (Lipinski definition) is 2. The minimum Gasteiger partial charge on any atom is -0.402 e. The van der Waals surface area contributed by atoms with Crippen LogP contribution in [0.5, 0.6) is 5.75 Å². The van der Waals surface area contributed by atoms with Crippen LogP contribution in [0.15, 0.2) is 6.20 Å². The van der Waals surface area contributed by atoms with Crippen LogP contribution < -0.4 is 16.2 Å². The number of nitrogens with two attached hydrogens (primary N) is 2. The smallest absolute Gasteiger partial charge is 0.402 e. The van der Waals surface area contributed by atoms with Crippen molar-refractivity contribution in [2.75, 3.05) is 5.73 Å². The van der Waals surface area contributed by atoms with Crippen molar-refractivity contribution in [2.45, 2.75) is 12.9 Å². The molecular formula is C8H7F3N4O. The van der Waals surface area contributed by atoms with Crippen molar-refractivity contribution < 1.29 is 17.9 Å². The molecule has 0 saturated carbocycles. The number of halogens is 3. The van der Waals surface area contributed by atoms with Crippen LogP contribution in [0, 0.1) is 11.3 Å². The summed E-state index contributed by atoms with van der Waals surface area (Å²) < 4.78 is 39.4. The summed E-state index contributed by atoms with van der Waals surface area (Å²) in [7, 11) is 0. The summed E-state index contributed by atoms with van der Waals surface area (Å²) in [5, 5.41) is 8.69. The fourth-order valence-electron chi connectivity index (χ4n) is 1.03. The van der Waals surface area contributed by atoms with Crippen molar-refractivity contribution in [1.82, 2.24) is 4.98 Å². The second kappa shape index (κ2) is 4.24. The molecule has 0 aromatic carbocycles. The average molecular weight is 232 g/mol. The fraction of sp³-hybridized carbons (Fsp3) is 0.250. The predicted octanol–water partition coefficient (Wildman–Crippen LogP) is 0.893. The van der Waals surface area contributed by atoms with E-state index < -0.39 is 17.8 Å². The van der Waals surface area contributed by atoms with Gasteiger partial charge in [-0.1, -0.05) is 0 Å². The van der Waals surface area contributed by atoms with Crippen molar-refractivity contribution in [2.24, 2.45) is 5.73 Å². The summed E-state index contributed by atoms with van der Waals surface area (Å²) in [6.07, 6.45) is -4.10. The number of ether oxygens (including phenoxy) is 1. The summed E-state index contributed by atoms with van der Waals surface area (Å²) in [5.41, 5.74) is 10.1. The Morgan fingerprint density at radius 1 is 1.50 bits per heavy atom. The van der Waals surface area contributed by atoms with Gasteiger partial charge in [-0.2, -0.15) is 5.26 Å². The van der Waals surface area contributed by atoms with E-state index in [9.17, 15) is 13.2 Å². The Balaban J connectivity index is 3.21. The zero-order chi connectivity index (χ0) is 12.3. The maximum Gasteiger partial charge on any atom is 0.573 e. The van der Waals surface area contributed by atoms with Crippen molar-refractivity contribution in [3.05, 3.63) is 17.5 Å². The number of hydrogen-bond acceptors (Lipinski definition) is 5. The van der Waals surface area contributed by atoms with Crippen LogP contribution in [-0.2, 0) is 6.54 Å². The van der Waals surface area contributed by atoms with Crippen molar-refractivity contribution in [3.63, 3.8) is 0 Å². The lowest BCUT2D eigenvalue weighted by Gasteiger charge is -2.12. The van der Waals surface area contributed by atoms with Gasteiger partial charge in [0, 0.05) is 6.54 Å². The number of nitriles is 1. The van der Waals surface area contributed by atoms with E-state index in [0.29, 0.717) is 0 Å². The van der Waals surface area contributed by atoms with Gasteiger partial charge in [0.15, 0.2) is 5.75 Å². The van der Waals surface area contributed by atoms with Crippen LogP contribution in [-0.4, -0.2) is 11.3 Å². The highest BCUT2D eigenvalue weighted by atomic mass is 19.4. The Bertz CT molecular complexity index is 438. The number of rotatable bonds is 2. The van der Waals surface area contributed by atoms with E-state index in [-0.39, 0.29) is 17.8 Å². The van der Waals surface area contributed by atoms with E-state index in [1.807, 2.05) is 0 Å². The molecule has 0 aliphatic carbocycles. The molecular weight excluding hydrogens is 225 g/mol. The average Bonchev–Trinajstić information content (AvgIpc) is 2.19. The molecule has 0 aliphatic heterocycles. The van der Waals surface area contributed by atoms with Gasteiger partial charge in [-0.25, -0.2) is 0 Å². The highest BCUT2D eigenvalue weighted by Crippen LogP contribution is 2.30. The summed E-state index contributed by atoms with van der Waals surface area (Å²) in [6, 6.07) is 1.63. The SMILES string of the molecule is N#Cc1c(CN)ncc(OC(F)(F)F)c1N. The second-order valence-corrected chi connectivity index (χ2v) is 2.72. The summed E-state index contributed by atoms with van der Waals surface area (Å²) in [5.74, 6) is -0.707. The lowest BCUT2D eigenvalue weighted by Crippen LogP contribution is -2.19. The monoisotopic (exact) mass is 232 g/mol. The molecule has 0 unspecified atom stereocenters. The van der Waals surface area contributed by atoms with E-state index in [1.54, 1.807) is 6.07 Å². The van der Waals surface area contributed by atoms with Gasteiger partial charge in [0.1, 0.15) is 11.6 Å². The number of anilines is 1. The Morgan fingerprint density at radius 2 is 2.12 bits per heavy atom. The zero-order valence-electron chi connectivity index (χ0n) is 7.88. The van der Waals surface area contributed by atoms with E-state index in [2.05, 4.69) is 9.72 Å². The maximum atomic E-state index is 11.9. The van der Waals surface area contributed by atoms with Crippen molar-refractivity contribution in [3.8, 4) is 11.8 Å². The van der Waals surface area contributed by atoms with Crippen LogP contribution in [0.1, 0.15) is 11.3 Å². The number of alkyl halides is 3. The first-order chi connectivity index (χ1) is 7.39. The van der Waals surface area contributed by atoms with Gasteiger partial charge < -0.3 is 16.2 Å². The van der Waals surface area contributed by atoms with Gasteiger partial charge in [0.05, 0.1) is 17.6 Å². The molecule has 1 rings (SSSR count). The van der Waals surface area contributed by atoms with Crippen LogP contribution in [0.2, 0.25) is 0 Å². The highest BCUT2D eigenvalue weighted by molar-refractivity contribution is 5.64. The molecule has 0 aliphatic rings. The van der Waals surface area contributed by atoms with E-state index >= 15 is 0 Å². The van der Waals surface area contributed by atoms with Gasteiger partial charge >= 0.3 is 6.36 Å². The Kier molecular flexibility index (Phi) is 3.20. The fourth-order valence-corrected chi connectivity index (χ4v) is 1.03. The lowest BCUT2D eigenvalue weighted by atomic mass is 10.1. The predicted molar refractivity (Wildman–Crippen MR) is 47.9 cm³/mol. The first-order valence-electron chi connectivity index (χ1n) is 4.02. The molecule has 1 aromatic heterocycles. The van der Waals surface area contributed by atoms with E-state index in [1.165, 1.54) is 0 Å². The molecule has 16 heavy (non-hydrogen) atoms. The minimum atomic E-state index is -4.88. The standard InChI is InChI=1S/C8H7F3N4O/c9-8(10,11)16-6-3-15-5(2-13)4(1-12)7(6)14/h3H,2,13H2,(H2,14,15). The summed E-state index contributed by atoms with van der Waals surface area (Å²) in [4.78, 5) is 3.56. The first-order valence-corrected chi connectivity index (χ1v) is 4.02. The van der Waals surface area contributed by atoms with E-state index in [0.717, 1.165) is 6.20 Å². The molecule has 86 valence electrons. The number of pyridine rings is 1. The van der Waals surface area contributed by atoms with E-state index in [4.69, 9.17) is 16.7 Å². The van der Waals surface area contributed by atoms with Crippen LogP contribution in [0.25, 0.3) is 0 Å². The molecule has 0 saturated heterocycles. The third-order valence-corrected chi connectivity index (χ3v) is 1.69. The Morgan fingerprint density at radius 3 is 2.56 bits per heavy atom. The van der Waals surface area contributed by atoms with Crippen LogP contribution in [0.4, 0.5) is 18.9 Å². The van der Waals surface area contributed by atoms with Gasteiger partial charge in [0.2, 0.25) is 0 Å². The Hall–Kier alpha value is -2.01. The number of aromatic nitrogens is 1. The molecule has 5 nitrogen and oxygen atoms in total. The van der Waals surface area contributed by atoms with Gasteiger partial charge in [-0.15, -0.1) is 13.2 Å². The molecule has 1 aromatic rings. The molecule has 0 radical (unpaired) electrons. The lowest BCUT2D eigenvalue weighted by molar-refractivity contribution is -0.274. The van der Waals surface area contributed by atoms with Crippen LogP contribution in [0.3, 0.4) is 0 Å². The topological polar surface area (TPSA) is 98.0 Å². The maximum absolute atomic E-state index is 11.9. The molecule has 8 heteroatoms. The quantitative estimate of drug-likeness (QED) is 0.789. The van der Waals surface area contributed by atoms with Gasteiger partial charge in [-0.3, -0.25) is 4.98 Å². The second-order valence-electron chi connectivity index (χ2n) is 2.72. The molecule has 0 amide bonds. The third kappa shape index (κ3) is 2.52.